The van der Waals surface area contributed by atoms with Crippen LogP contribution < -0.4 is 5.32 Å². The first kappa shape index (κ1) is 23.9. The van der Waals surface area contributed by atoms with Crippen molar-refractivity contribution in [3.8, 4) is 11.3 Å². The van der Waals surface area contributed by atoms with E-state index in [9.17, 15) is 9.59 Å². The molecule has 1 N–H and O–H groups in total. The summed E-state index contributed by atoms with van der Waals surface area (Å²) < 4.78 is 1.81. The van der Waals surface area contributed by atoms with Gasteiger partial charge in [-0.3, -0.25) is 14.3 Å². The predicted octanol–water partition coefficient (Wildman–Crippen LogP) is 4.97. The number of hydrogen-bond acceptors (Lipinski definition) is 4. The third-order valence-electron chi connectivity index (χ3n) is 6.17. The molecule has 6 nitrogen and oxygen atoms in total. The van der Waals surface area contributed by atoms with Gasteiger partial charge in [0.25, 0.3) is 5.91 Å². The predicted molar refractivity (Wildman–Crippen MR) is 145 cm³/mol. The number of aromatic nitrogens is 2. The monoisotopic (exact) mass is 496 g/mol. The molecule has 1 fully saturated rings. The lowest BCUT2D eigenvalue weighted by molar-refractivity contribution is -0.130. The van der Waals surface area contributed by atoms with Crippen molar-refractivity contribution in [1.29, 1.82) is 0 Å². The fourth-order valence-corrected chi connectivity index (χ4v) is 5.15. The van der Waals surface area contributed by atoms with Gasteiger partial charge in [-0.25, -0.2) is 0 Å². The van der Waals surface area contributed by atoms with E-state index >= 15 is 0 Å². The standard InChI is InChI=1S/C29H28N4O2S/c34-27(32-15-17-36-18-16-32)19-22-11-13-25(14-12-22)30-29(35)26-21-33(20-23-7-3-1-4-8-23)31-28(26)24-9-5-2-6-10-24/h1-14,21H,15-20H2,(H,30,35). The summed E-state index contributed by atoms with van der Waals surface area (Å²) in [6.07, 6.45) is 2.18. The molecule has 2 amide bonds. The molecule has 0 bridgehead atoms. The number of nitrogens with one attached hydrogen (secondary N) is 1. The normalized spacial score (nSPS) is 13.4. The maximum Gasteiger partial charge on any atom is 0.259 e. The van der Waals surface area contributed by atoms with Crippen molar-refractivity contribution in [2.75, 3.05) is 29.9 Å². The van der Waals surface area contributed by atoms with Gasteiger partial charge in [-0.15, -0.1) is 0 Å². The number of thioether (sulfide) groups is 1. The molecule has 1 saturated heterocycles. The number of amides is 2. The van der Waals surface area contributed by atoms with Crippen LogP contribution in [0.25, 0.3) is 11.3 Å². The summed E-state index contributed by atoms with van der Waals surface area (Å²) in [6.45, 7) is 2.21. The fraction of sp³-hybridized carbons (Fsp3) is 0.207. The van der Waals surface area contributed by atoms with Crippen molar-refractivity contribution < 1.29 is 9.59 Å². The third kappa shape index (κ3) is 5.86. The van der Waals surface area contributed by atoms with Crippen LogP contribution in [0.5, 0.6) is 0 Å². The van der Waals surface area contributed by atoms with Gasteiger partial charge in [0.1, 0.15) is 5.69 Å². The van der Waals surface area contributed by atoms with E-state index in [-0.39, 0.29) is 11.8 Å². The Morgan fingerprint density at radius 3 is 2.19 bits per heavy atom. The summed E-state index contributed by atoms with van der Waals surface area (Å²) in [6, 6.07) is 27.3. The van der Waals surface area contributed by atoms with Crippen molar-refractivity contribution in [3.05, 3.63) is 108 Å². The van der Waals surface area contributed by atoms with Gasteiger partial charge in [0.15, 0.2) is 0 Å². The Kier molecular flexibility index (Phi) is 7.47. The summed E-state index contributed by atoms with van der Waals surface area (Å²) in [7, 11) is 0. The maximum absolute atomic E-state index is 13.3. The van der Waals surface area contributed by atoms with Gasteiger partial charge < -0.3 is 10.2 Å². The van der Waals surface area contributed by atoms with E-state index in [1.54, 1.807) is 10.9 Å². The summed E-state index contributed by atoms with van der Waals surface area (Å²) in [5.41, 5.74) is 4.78. The van der Waals surface area contributed by atoms with Crippen LogP contribution in [0.1, 0.15) is 21.5 Å². The highest BCUT2D eigenvalue weighted by Crippen LogP contribution is 2.24. The Balaban J connectivity index is 1.31. The Bertz CT molecular complexity index is 1310. The number of rotatable bonds is 7. The average molecular weight is 497 g/mol. The van der Waals surface area contributed by atoms with Crippen molar-refractivity contribution >= 4 is 29.3 Å². The van der Waals surface area contributed by atoms with Crippen molar-refractivity contribution in [1.82, 2.24) is 14.7 Å². The molecule has 3 aromatic carbocycles. The number of nitrogens with zero attached hydrogens (tertiary/aromatic N) is 3. The Morgan fingerprint density at radius 1 is 0.833 bits per heavy atom. The maximum atomic E-state index is 13.3. The molecule has 7 heteroatoms. The van der Waals surface area contributed by atoms with E-state index in [0.29, 0.717) is 29.9 Å². The second-order valence-corrected chi connectivity index (χ2v) is 9.99. The average Bonchev–Trinajstić information content (AvgIpc) is 3.35. The molecule has 2 heterocycles. The fourth-order valence-electron chi connectivity index (χ4n) is 4.25. The molecule has 0 atom stereocenters. The highest BCUT2D eigenvalue weighted by atomic mass is 32.2. The molecule has 1 aromatic heterocycles. The third-order valence-corrected chi connectivity index (χ3v) is 7.11. The second kappa shape index (κ2) is 11.3. The number of benzene rings is 3. The minimum Gasteiger partial charge on any atom is -0.341 e. The first-order chi connectivity index (χ1) is 17.7. The first-order valence-electron chi connectivity index (χ1n) is 12.1. The smallest absolute Gasteiger partial charge is 0.259 e. The summed E-state index contributed by atoms with van der Waals surface area (Å²) in [5.74, 6) is 1.95. The second-order valence-electron chi connectivity index (χ2n) is 8.76. The van der Waals surface area contributed by atoms with Crippen LogP contribution in [0.4, 0.5) is 5.69 Å². The summed E-state index contributed by atoms with van der Waals surface area (Å²) >= 11 is 1.89. The molecular formula is C29H28N4O2S. The SMILES string of the molecule is O=C(Nc1ccc(CC(=O)N2CCSCC2)cc1)c1cn(Cc2ccccc2)nc1-c1ccccc1. The van der Waals surface area contributed by atoms with E-state index in [0.717, 1.165) is 41.3 Å². The highest BCUT2D eigenvalue weighted by Gasteiger charge is 2.19. The van der Waals surface area contributed by atoms with E-state index < -0.39 is 0 Å². The van der Waals surface area contributed by atoms with Crippen LogP contribution in [-0.2, 0) is 17.8 Å². The number of hydrogen-bond donors (Lipinski definition) is 1. The van der Waals surface area contributed by atoms with Crippen LogP contribution in [0.2, 0.25) is 0 Å². The number of anilines is 1. The molecule has 0 saturated carbocycles. The van der Waals surface area contributed by atoms with Crippen LogP contribution in [0.15, 0.2) is 91.1 Å². The van der Waals surface area contributed by atoms with E-state index in [1.165, 1.54) is 0 Å². The van der Waals surface area contributed by atoms with E-state index in [4.69, 9.17) is 5.10 Å². The van der Waals surface area contributed by atoms with Crippen molar-refractivity contribution in [3.63, 3.8) is 0 Å². The Morgan fingerprint density at radius 2 is 1.50 bits per heavy atom. The minimum atomic E-state index is -0.220. The molecule has 0 radical (unpaired) electrons. The van der Waals surface area contributed by atoms with Crippen molar-refractivity contribution in [2.24, 2.45) is 0 Å². The molecule has 0 unspecified atom stereocenters. The van der Waals surface area contributed by atoms with Crippen LogP contribution in [0.3, 0.4) is 0 Å². The Labute approximate surface area is 215 Å². The zero-order valence-electron chi connectivity index (χ0n) is 20.0. The van der Waals surface area contributed by atoms with Gasteiger partial charge in [-0.2, -0.15) is 16.9 Å². The van der Waals surface area contributed by atoms with Gasteiger partial charge in [-0.1, -0.05) is 72.8 Å². The highest BCUT2D eigenvalue weighted by molar-refractivity contribution is 7.99. The molecule has 0 spiro atoms. The topological polar surface area (TPSA) is 67.2 Å². The molecule has 4 aromatic rings. The van der Waals surface area contributed by atoms with Crippen LogP contribution >= 0.6 is 11.8 Å². The summed E-state index contributed by atoms with van der Waals surface area (Å²) in [5, 5.41) is 7.74. The molecule has 1 aliphatic rings. The minimum absolute atomic E-state index is 0.158. The molecule has 0 aliphatic carbocycles. The van der Waals surface area contributed by atoms with Crippen LogP contribution in [0, 0.1) is 0 Å². The van der Waals surface area contributed by atoms with Gasteiger partial charge >= 0.3 is 0 Å². The quantitative estimate of drug-likeness (QED) is 0.392. The molecule has 5 rings (SSSR count). The van der Waals surface area contributed by atoms with Gasteiger partial charge in [0.2, 0.25) is 5.91 Å². The lowest BCUT2D eigenvalue weighted by Gasteiger charge is -2.26. The lowest BCUT2D eigenvalue weighted by Crippen LogP contribution is -2.38. The Hall–Kier alpha value is -3.84. The lowest BCUT2D eigenvalue weighted by atomic mass is 10.1. The first-order valence-corrected chi connectivity index (χ1v) is 13.2. The number of carbonyl (C=O) groups excluding carboxylic acids is 2. The van der Waals surface area contributed by atoms with Gasteiger partial charge in [-0.05, 0) is 23.3 Å². The zero-order valence-corrected chi connectivity index (χ0v) is 20.8. The van der Waals surface area contributed by atoms with Gasteiger partial charge in [0.05, 0.1) is 18.5 Å². The molecule has 36 heavy (non-hydrogen) atoms. The molecule has 182 valence electrons. The summed E-state index contributed by atoms with van der Waals surface area (Å²) in [4.78, 5) is 27.8. The largest absolute Gasteiger partial charge is 0.341 e. The number of carbonyl (C=O) groups is 2. The van der Waals surface area contributed by atoms with Crippen LogP contribution in [-0.4, -0.2) is 51.1 Å². The molecular weight excluding hydrogens is 468 g/mol. The van der Waals surface area contributed by atoms with E-state index in [1.807, 2.05) is 102 Å². The van der Waals surface area contributed by atoms with Crippen molar-refractivity contribution in [2.45, 2.75) is 13.0 Å². The molecule has 1 aliphatic heterocycles. The van der Waals surface area contributed by atoms with Gasteiger partial charge in [0, 0.05) is 42.0 Å². The zero-order chi connectivity index (χ0) is 24.7. The van der Waals surface area contributed by atoms with E-state index in [2.05, 4.69) is 5.32 Å².